The largest absolute Gasteiger partial charge is 0.507 e. The molecule has 2 rings (SSSR count). The first-order valence-corrected chi connectivity index (χ1v) is 5.04. The van der Waals surface area contributed by atoms with Gasteiger partial charge in [-0.2, -0.15) is 0 Å². The van der Waals surface area contributed by atoms with E-state index in [1.54, 1.807) is 30.3 Å². The summed E-state index contributed by atoms with van der Waals surface area (Å²) in [6.07, 6.45) is 0.624. The zero-order valence-corrected chi connectivity index (χ0v) is 9.19. The summed E-state index contributed by atoms with van der Waals surface area (Å²) in [4.78, 5) is 10.4. The lowest BCUT2D eigenvalue weighted by Gasteiger charge is -2.01. The van der Waals surface area contributed by atoms with Crippen LogP contribution in [0.5, 0.6) is 5.75 Å². The molecule has 1 heterocycles. The second kappa shape index (κ2) is 3.90. The lowest BCUT2D eigenvalue weighted by molar-refractivity contribution is 0.110. The molecule has 0 amide bonds. The Kier molecular flexibility index (Phi) is 2.60. The first kappa shape index (κ1) is 9.98. The van der Waals surface area contributed by atoms with Gasteiger partial charge in [0.15, 0.2) is 12.0 Å². The van der Waals surface area contributed by atoms with Crippen LogP contribution in [0.4, 0.5) is 0 Å². The molecule has 0 atom stereocenters. The standard InChI is InChI=1S/C11H7BrO3/c12-7-1-3-9(10(14)5-7)11-4-2-8(6-13)15-11/h1-6,14H. The van der Waals surface area contributed by atoms with Crippen molar-refractivity contribution in [2.75, 3.05) is 0 Å². The van der Waals surface area contributed by atoms with E-state index in [-0.39, 0.29) is 11.5 Å². The van der Waals surface area contributed by atoms with Crippen LogP contribution in [0.1, 0.15) is 10.6 Å². The summed E-state index contributed by atoms with van der Waals surface area (Å²) in [6.45, 7) is 0. The molecule has 76 valence electrons. The number of rotatable bonds is 2. The fourth-order valence-corrected chi connectivity index (χ4v) is 1.62. The van der Waals surface area contributed by atoms with Crippen LogP contribution in [-0.4, -0.2) is 11.4 Å². The predicted octanol–water partition coefficient (Wildman–Crippen LogP) is 3.23. The van der Waals surface area contributed by atoms with Crippen LogP contribution in [0.3, 0.4) is 0 Å². The molecular weight excluding hydrogens is 260 g/mol. The second-order valence-corrected chi connectivity index (χ2v) is 3.90. The summed E-state index contributed by atoms with van der Waals surface area (Å²) < 4.78 is 5.98. The summed E-state index contributed by atoms with van der Waals surface area (Å²) in [7, 11) is 0. The fraction of sp³-hybridized carbons (Fsp3) is 0. The van der Waals surface area contributed by atoms with Crippen molar-refractivity contribution in [2.24, 2.45) is 0 Å². The van der Waals surface area contributed by atoms with Gasteiger partial charge in [-0.1, -0.05) is 15.9 Å². The zero-order chi connectivity index (χ0) is 10.8. The molecular formula is C11H7BrO3. The molecule has 0 aliphatic heterocycles. The minimum atomic E-state index is 0.108. The van der Waals surface area contributed by atoms with E-state index in [1.807, 2.05) is 0 Å². The third kappa shape index (κ3) is 1.94. The maximum Gasteiger partial charge on any atom is 0.185 e. The van der Waals surface area contributed by atoms with Gasteiger partial charge in [0.25, 0.3) is 0 Å². The van der Waals surface area contributed by atoms with Crippen LogP contribution in [0.15, 0.2) is 39.2 Å². The quantitative estimate of drug-likeness (QED) is 0.850. The topological polar surface area (TPSA) is 50.4 Å². The van der Waals surface area contributed by atoms with Crippen LogP contribution >= 0.6 is 15.9 Å². The lowest BCUT2D eigenvalue weighted by atomic mass is 10.1. The van der Waals surface area contributed by atoms with Crippen LogP contribution in [0.25, 0.3) is 11.3 Å². The van der Waals surface area contributed by atoms with Crippen LogP contribution < -0.4 is 0 Å². The van der Waals surface area contributed by atoms with E-state index >= 15 is 0 Å². The normalized spacial score (nSPS) is 10.2. The van der Waals surface area contributed by atoms with Gasteiger partial charge in [0.2, 0.25) is 0 Å². The number of phenolic OH excluding ortho intramolecular Hbond substituents is 1. The molecule has 0 unspecified atom stereocenters. The molecule has 1 N–H and O–H groups in total. The molecule has 0 aliphatic rings. The number of carbonyl (C=O) groups is 1. The summed E-state index contributed by atoms with van der Waals surface area (Å²) in [6, 6.07) is 8.28. The Morgan fingerprint density at radius 1 is 1.27 bits per heavy atom. The molecule has 0 fully saturated rings. The molecule has 1 aromatic carbocycles. The highest BCUT2D eigenvalue weighted by atomic mass is 79.9. The maximum atomic E-state index is 10.4. The van der Waals surface area contributed by atoms with Gasteiger partial charge >= 0.3 is 0 Å². The van der Waals surface area contributed by atoms with Gasteiger partial charge < -0.3 is 9.52 Å². The first-order chi connectivity index (χ1) is 7.20. The molecule has 3 nitrogen and oxygen atoms in total. The molecule has 0 bridgehead atoms. The molecule has 0 saturated carbocycles. The van der Waals surface area contributed by atoms with Gasteiger partial charge in [0, 0.05) is 4.47 Å². The van der Waals surface area contributed by atoms with E-state index in [2.05, 4.69) is 15.9 Å². The Morgan fingerprint density at radius 3 is 2.67 bits per heavy atom. The highest BCUT2D eigenvalue weighted by molar-refractivity contribution is 9.10. The van der Waals surface area contributed by atoms with Crippen molar-refractivity contribution in [3.63, 3.8) is 0 Å². The second-order valence-electron chi connectivity index (χ2n) is 2.98. The van der Waals surface area contributed by atoms with E-state index < -0.39 is 0 Å². The Hall–Kier alpha value is -1.55. The van der Waals surface area contributed by atoms with Crippen molar-refractivity contribution < 1.29 is 14.3 Å². The van der Waals surface area contributed by atoms with Crippen molar-refractivity contribution in [3.05, 3.63) is 40.6 Å². The molecule has 0 saturated heterocycles. The summed E-state index contributed by atoms with van der Waals surface area (Å²) in [5.74, 6) is 0.825. The number of aromatic hydroxyl groups is 1. The maximum absolute atomic E-state index is 10.4. The molecule has 0 aliphatic carbocycles. The van der Waals surface area contributed by atoms with Crippen molar-refractivity contribution >= 4 is 22.2 Å². The SMILES string of the molecule is O=Cc1ccc(-c2ccc(Br)cc2O)o1. The number of furan rings is 1. The summed E-state index contributed by atoms with van der Waals surface area (Å²) in [5, 5.41) is 9.65. The zero-order valence-electron chi connectivity index (χ0n) is 7.61. The molecule has 0 spiro atoms. The number of carbonyl (C=O) groups excluding carboxylic acids is 1. The van der Waals surface area contributed by atoms with Gasteiger partial charge in [0.05, 0.1) is 5.56 Å². The van der Waals surface area contributed by atoms with Crippen molar-refractivity contribution in [2.45, 2.75) is 0 Å². The van der Waals surface area contributed by atoms with E-state index in [1.165, 1.54) is 0 Å². The smallest absolute Gasteiger partial charge is 0.185 e. The summed E-state index contributed by atoms with van der Waals surface area (Å²) in [5.41, 5.74) is 0.561. The monoisotopic (exact) mass is 266 g/mol. The first-order valence-electron chi connectivity index (χ1n) is 4.24. The third-order valence-electron chi connectivity index (χ3n) is 1.97. The average molecular weight is 267 g/mol. The van der Waals surface area contributed by atoms with Gasteiger partial charge in [-0.25, -0.2) is 0 Å². The predicted molar refractivity (Wildman–Crippen MR) is 58.9 cm³/mol. The Labute approximate surface area is 94.5 Å². The number of halogens is 1. The van der Waals surface area contributed by atoms with E-state index in [9.17, 15) is 9.90 Å². The van der Waals surface area contributed by atoms with Crippen molar-refractivity contribution in [1.82, 2.24) is 0 Å². The number of aldehydes is 1. The number of hydrogen-bond donors (Lipinski definition) is 1. The van der Waals surface area contributed by atoms with E-state index in [4.69, 9.17) is 4.42 Å². The van der Waals surface area contributed by atoms with Crippen LogP contribution in [-0.2, 0) is 0 Å². The summed E-state index contributed by atoms with van der Waals surface area (Å²) >= 11 is 3.24. The molecule has 15 heavy (non-hydrogen) atoms. The average Bonchev–Trinajstić information content (AvgIpc) is 2.66. The van der Waals surface area contributed by atoms with Gasteiger partial charge in [-0.05, 0) is 30.3 Å². The number of hydrogen-bond acceptors (Lipinski definition) is 3. The molecule has 4 heteroatoms. The van der Waals surface area contributed by atoms with E-state index in [0.29, 0.717) is 17.6 Å². The molecule has 1 aromatic heterocycles. The molecule has 2 aromatic rings. The van der Waals surface area contributed by atoms with E-state index in [0.717, 1.165) is 4.47 Å². The fourth-order valence-electron chi connectivity index (χ4n) is 1.27. The highest BCUT2D eigenvalue weighted by Crippen LogP contribution is 2.32. The Morgan fingerprint density at radius 2 is 2.07 bits per heavy atom. The van der Waals surface area contributed by atoms with Gasteiger partial charge in [0.1, 0.15) is 11.5 Å². The van der Waals surface area contributed by atoms with Crippen molar-refractivity contribution in [1.29, 1.82) is 0 Å². The van der Waals surface area contributed by atoms with Crippen LogP contribution in [0, 0.1) is 0 Å². The van der Waals surface area contributed by atoms with Gasteiger partial charge in [-0.15, -0.1) is 0 Å². The Balaban J connectivity index is 2.49. The Bertz CT molecular complexity index is 502. The third-order valence-corrected chi connectivity index (χ3v) is 2.46. The lowest BCUT2D eigenvalue weighted by Crippen LogP contribution is -1.76. The number of phenols is 1. The number of benzene rings is 1. The van der Waals surface area contributed by atoms with Gasteiger partial charge in [-0.3, -0.25) is 4.79 Å². The minimum absolute atomic E-state index is 0.108. The van der Waals surface area contributed by atoms with Crippen molar-refractivity contribution in [3.8, 4) is 17.1 Å². The highest BCUT2D eigenvalue weighted by Gasteiger charge is 2.08. The van der Waals surface area contributed by atoms with Crippen LogP contribution in [0.2, 0.25) is 0 Å². The molecule has 0 radical (unpaired) electrons. The minimum Gasteiger partial charge on any atom is -0.507 e.